The maximum absolute atomic E-state index is 9.58. The van der Waals surface area contributed by atoms with Gasteiger partial charge in [0.25, 0.3) is 0 Å². The molecule has 1 heteroatoms. The van der Waals surface area contributed by atoms with Crippen LogP contribution in [0.2, 0.25) is 0 Å². The molecule has 0 saturated heterocycles. The zero-order chi connectivity index (χ0) is 39.6. The van der Waals surface area contributed by atoms with Crippen LogP contribution in [0.15, 0.2) is 162 Å². The number of rotatable bonds is 3. The van der Waals surface area contributed by atoms with E-state index in [1.165, 1.54) is 0 Å². The Morgan fingerprint density at radius 2 is 1.00 bits per heavy atom. The molecule has 0 aliphatic carbocycles. The van der Waals surface area contributed by atoms with Gasteiger partial charge in [0, 0.05) is 21.9 Å². The maximum Gasteiger partial charge on any atom is 0.143 e. The maximum atomic E-state index is 9.58. The van der Waals surface area contributed by atoms with Crippen molar-refractivity contribution in [1.29, 1.82) is 0 Å². The summed E-state index contributed by atoms with van der Waals surface area (Å²) in [5, 5.41) is 1.62. The number of para-hydroxylation sites is 2. The molecule has 1 aromatic heterocycles. The van der Waals surface area contributed by atoms with Crippen molar-refractivity contribution in [2.45, 2.75) is 0 Å². The molecule has 1 heterocycles. The normalized spacial score (nSPS) is 16.0. The summed E-state index contributed by atoms with van der Waals surface area (Å²) in [5.74, 6) is 0. The van der Waals surface area contributed by atoms with Gasteiger partial charge in [0.05, 0.1) is 17.8 Å². The molecule has 0 amide bonds. The van der Waals surface area contributed by atoms with Crippen LogP contribution in [-0.4, -0.2) is 0 Å². The Kier molecular flexibility index (Phi) is 3.18. The summed E-state index contributed by atoms with van der Waals surface area (Å²) < 4.78 is 122. The van der Waals surface area contributed by atoms with Crippen LogP contribution < -0.4 is 0 Å². The summed E-state index contributed by atoms with van der Waals surface area (Å²) in [5.41, 5.74) is 1.19. The second-order valence-corrected chi connectivity index (χ2v) is 10.2. The van der Waals surface area contributed by atoms with Gasteiger partial charge in [-0.2, -0.15) is 0 Å². The van der Waals surface area contributed by atoms with Crippen molar-refractivity contribution in [2.24, 2.45) is 0 Å². The van der Waals surface area contributed by atoms with E-state index in [1.54, 1.807) is 78.9 Å². The van der Waals surface area contributed by atoms with Crippen LogP contribution in [0.3, 0.4) is 0 Å². The molecule has 1 nitrogen and oxygen atoms in total. The summed E-state index contributed by atoms with van der Waals surface area (Å²) in [6.07, 6.45) is 0. The molecule has 0 unspecified atom stereocenters. The molecule has 0 radical (unpaired) electrons. The Morgan fingerprint density at radius 3 is 1.72 bits per heavy atom. The van der Waals surface area contributed by atoms with E-state index in [0.717, 1.165) is 0 Å². The van der Waals surface area contributed by atoms with E-state index >= 15 is 0 Å². The van der Waals surface area contributed by atoms with E-state index in [-0.39, 0.29) is 91.7 Å². The van der Waals surface area contributed by atoms with Crippen LogP contribution in [0.4, 0.5) is 0 Å². The van der Waals surface area contributed by atoms with E-state index in [0.29, 0.717) is 38.2 Å². The van der Waals surface area contributed by atoms with E-state index in [9.17, 15) is 5.48 Å². The Labute approximate surface area is 267 Å². The first-order valence-electron chi connectivity index (χ1n) is 20.2. The van der Waals surface area contributed by atoms with Crippen LogP contribution in [0.1, 0.15) is 17.8 Å². The average Bonchev–Trinajstić information content (AvgIpc) is 3.60. The second kappa shape index (κ2) is 9.44. The highest BCUT2D eigenvalue weighted by Crippen LogP contribution is 2.46. The third-order valence-electron chi connectivity index (χ3n) is 7.81. The van der Waals surface area contributed by atoms with Gasteiger partial charge in [-0.3, -0.25) is 0 Å². The molecular weight excluding hydrogens is 520 g/mol. The van der Waals surface area contributed by atoms with Crippen molar-refractivity contribution in [3.8, 4) is 33.4 Å². The SMILES string of the molecule is [2H]c1c([2H])c([2H])c2c(oc3c(-c4c5ccccc5c(-c5c([2H])c([2H])c6c([2H])c(-c7ccccc7)c([2H])c([2H])c6c5[2H])c5ccccc45)c([2H])c([2H])c([2H])c32)c1[2H]. The molecule has 43 heavy (non-hydrogen) atoms. The highest BCUT2D eigenvalue weighted by atomic mass is 16.3. The summed E-state index contributed by atoms with van der Waals surface area (Å²) in [7, 11) is 0. The van der Waals surface area contributed by atoms with Crippen LogP contribution in [-0.2, 0) is 0 Å². The molecule has 0 aliphatic rings. The van der Waals surface area contributed by atoms with Crippen LogP contribution >= 0.6 is 0 Å². The van der Waals surface area contributed by atoms with Gasteiger partial charge in [-0.1, -0.05) is 139 Å². The fourth-order valence-corrected chi connectivity index (χ4v) is 5.92. The van der Waals surface area contributed by atoms with Crippen molar-refractivity contribution in [3.05, 3.63) is 157 Å². The van der Waals surface area contributed by atoms with Crippen molar-refractivity contribution in [1.82, 2.24) is 0 Å². The summed E-state index contributed by atoms with van der Waals surface area (Å²) >= 11 is 0. The minimum Gasteiger partial charge on any atom is -0.455 e. The summed E-state index contributed by atoms with van der Waals surface area (Å²) in [4.78, 5) is 0. The molecule has 0 aliphatic heterocycles. The fraction of sp³-hybridized carbons (Fsp3) is 0. The van der Waals surface area contributed by atoms with Gasteiger partial charge >= 0.3 is 0 Å². The molecule has 0 bridgehead atoms. The lowest BCUT2D eigenvalue weighted by Crippen LogP contribution is -1.91. The third kappa shape index (κ3) is 3.72. The molecule has 0 fully saturated rings. The smallest absolute Gasteiger partial charge is 0.143 e. The molecule has 0 spiro atoms. The van der Waals surface area contributed by atoms with Crippen LogP contribution in [0.25, 0.3) is 87.6 Å². The molecule has 8 aromatic carbocycles. The Bertz CT molecular complexity index is 3170. The lowest BCUT2D eigenvalue weighted by molar-refractivity contribution is 0.670. The summed E-state index contributed by atoms with van der Waals surface area (Å²) in [6.45, 7) is 0. The number of hydrogen-bond donors (Lipinski definition) is 0. The van der Waals surface area contributed by atoms with Crippen molar-refractivity contribution < 1.29 is 22.2 Å². The van der Waals surface area contributed by atoms with Gasteiger partial charge in [0.15, 0.2) is 0 Å². The predicted octanol–water partition coefficient (Wildman–Crippen LogP) is 12.0. The molecular formula is C42H26O. The Morgan fingerprint density at radius 1 is 0.419 bits per heavy atom. The molecule has 0 atom stereocenters. The van der Waals surface area contributed by atoms with Crippen molar-refractivity contribution >= 4 is 54.3 Å². The van der Waals surface area contributed by atoms with Gasteiger partial charge in [0.1, 0.15) is 11.2 Å². The standard InChI is InChI=1S/C42H26O/c1-2-11-27(12-3-1)28-21-22-30-26-31(24-23-29(30)25-28)40-33-14-4-6-16-35(33)41(36-17-7-5-15-34(36)40)38-19-10-18-37-32-13-8-9-20-39(32)43-42(37)38/h1-26H/i8D,9D,10D,13D,18D,19D,20D,21D,22D,23D,24D,25D,26D. The predicted molar refractivity (Wildman–Crippen MR) is 183 cm³/mol. The lowest BCUT2D eigenvalue weighted by atomic mass is 9.85. The zero-order valence-corrected chi connectivity index (χ0v) is 22.4. The molecule has 0 saturated carbocycles. The average molecular weight is 560 g/mol. The van der Waals surface area contributed by atoms with Crippen molar-refractivity contribution in [3.63, 3.8) is 0 Å². The topological polar surface area (TPSA) is 13.1 Å². The first-order chi connectivity index (χ1) is 26.8. The first-order valence-corrected chi connectivity index (χ1v) is 13.7. The van der Waals surface area contributed by atoms with E-state index in [4.69, 9.17) is 16.8 Å². The van der Waals surface area contributed by atoms with Gasteiger partial charge in [-0.05, 0) is 72.7 Å². The first kappa shape index (κ1) is 14.5. The van der Waals surface area contributed by atoms with E-state index in [2.05, 4.69) is 0 Å². The van der Waals surface area contributed by atoms with Crippen LogP contribution in [0, 0.1) is 0 Å². The van der Waals surface area contributed by atoms with Gasteiger partial charge in [-0.15, -0.1) is 0 Å². The number of furan rings is 1. The zero-order valence-electron chi connectivity index (χ0n) is 35.4. The molecule has 200 valence electrons. The van der Waals surface area contributed by atoms with E-state index < -0.39 is 36.3 Å². The van der Waals surface area contributed by atoms with Crippen molar-refractivity contribution in [2.75, 3.05) is 0 Å². The molecule has 9 rings (SSSR count). The Balaban J connectivity index is 1.45. The molecule has 0 N–H and O–H groups in total. The lowest BCUT2D eigenvalue weighted by Gasteiger charge is -2.18. The third-order valence-corrected chi connectivity index (χ3v) is 7.81. The van der Waals surface area contributed by atoms with Crippen LogP contribution in [0.5, 0.6) is 0 Å². The van der Waals surface area contributed by atoms with Gasteiger partial charge in [0.2, 0.25) is 0 Å². The largest absolute Gasteiger partial charge is 0.455 e. The minimum atomic E-state index is -0.532. The number of hydrogen-bond acceptors (Lipinski definition) is 1. The monoisotopic (exact) mass is 559 g/mol. The minimum absolute atomic E-state index is 0.00697. The number of benzene rings is 8. The number of fused-ring (bicyclic) bond motifs is 6. The fourth-order valence-electron chi connectivity index (χ4n) is 5.92. The Hall–Kier alpha value is -5.66. The van der Waals surface area contributed by atoms with Gasteiger partial charge < -0.3 is 4.42 Å². The summed E-state index contributed by atoms with van der Waals surface area (Å²) in [6, 6.07) is 17.6. The quantitative estimate of drug-likeness (QED) is 0.196. The van der Waals surface area contributed by atoms with Gasteiger partial charge in [-0.25, -0.2) is 0 Å². The van der Waals surface area contributed by atoms with E-state index in [1.807, 2.05) is 0 Å². The highest BCUT2D eigenvalue weighted by Gasteiger charge is 2.20. The highest BCUT2D eigenvalue weighted by molar-refractivity contribution is 6.24. The molecule has 9 aromatic rings. The second-order valence-electron chi connectivity index (χ2n) is 10.2.